The van der Waals surface area contributed by atoms with Gasteiger partial charge in [0.15, 0.2) is 5.82 Å². The predicted octanol–water partition coefficient (Wildman–Crippen LogP) is 1.00. The first-order chi connectivity index (χ1) is 12.1. The molecule has 0 aliphatic rings. The van der Waals surface area contributed by atoms with Gasteiger partial charge in [-0.1, -0.05) is 36.4 Å². The van der Waals surface area contributed by atoms with Crippen LogP contribution in [0.1, 0.15) is 5.56 Å². The van der Waals surface area contributed by atoms with E-state index >= 15 is 0 Å². The molecule has 0 spiro atoms. The van der Waals surface area contributed by atoms with Crippen molar-refractivity contribution in [2.75, 3.05) is 6.54 Å². The van der Waals surface area contributed by atoms with E-state index in [0.717, 1.165) is 5.56 Å². The first-order valence-corrected chi connectivity index (χ1v) is 8.01. The molecule has 2 heterocycles. The van der Waals surface area contributed by atoms with Gasteiger partial charge < -0.3 is 5.32 Å². The van der Waals surface area contributed by atoms with Crippen molar-refractivity contribution in [1.29, 1.82) is 0 Å². The normalized spacial score (nSPS) is 10.6. The van der Waals surface area contributed by atoms with Gasteiger partial charge in [-0.2, -0.15) is 0 Å². The van der Waals surface area contributed by atoms with Crippen molar-refractivity contribution in [3.05, 3.63) is 70.8 Å². The zero-order chi connectivity index (χ0) is 17.6. The van der Waals surface area contributed by atoms with Gasteiger partial charge in [0.1, 0.15) is 5.69 Å². The molecule has 0 aliphatic carbocycles. The van der Waals surface area contributed by atoms with Crippen molar-refractivity contribution >= 4 is 5.91 Å². The Kier molecular flexibility index (Phi) is 5.03. The van der Waals surface area contributed by atoms with Crippen molar-refractivity contribution in [1.82, 2.24) is 24.6 Å². The van der Waals surface area contributed by atoms with Crippen LogP contribution in [0, 0.1) is 0 Å². The standard InChI is InChI=1S/C18H19N5O2/c1-22-17(15-9-5-6-10-19-15)21-23(18(22)25)12-11-20-16(24)13-14-7-3-2-4-8-14/h2-10H,11-13H2,1H3,(H,20,24). The predicted molar refractivity (Wildman–Crippen MR) is 93.9 cm³/mol. The van der Waals surface area contributed by atoms with Crippen LogP contribution >= 0.6 is 0 Å². The van der Waals surface area contributed by atoms with E-state index in [2.05, 4.69) is 15.4 Å². The van der Waals surface area contributed by atoms with Crippen molar-refractivity contribution in [3.63, 3.8) is 0 Å². The van der Waals surface area contributed by atoms with Gasteiger partial charge in [-0.3, -0.25) is 14.3 Å². The number of carbonyl (C=O) groups is 1. The molecule has 25 heavy (non-hydrogen) atoms. The molecule has 0 fully saturated rings. The average molecular weight is 337 g/mol. The Labute approximate surface area is 144 Å². The number of aromatic nitrogens is 4. The summed E-state index contributed by atoms with van der Waals surface area (Å²) in [6, 6.07) is 15.0. The van der Waals surface area contributed by atoms with Crippen LogP contribution in [0.5, 0.6) is 0 Å². The van der Waals surface area contributed by atoms with E-state index < -0.39 is 0 Å². The summed E-state index contributed by atoms with van der Waals surface area (Å²) in [5.41, 5.74) is 1.35. The van der Waals surface area contributed by atoms with Crippen LogP contribution in [-0.2, 0) is 24.8 Å². The van der Waals surface area contributed by atoms with E-state index in [1.807, 2.05) is 36.4 Å². The minimum absolute atomic E-state index is 0.0832. The van der Waals surface area contributed by atoms with Crippen LogP contribution < -0.4 is 11.0 Å². The van der Waals surface area contributed by atoms with Crippen molar-refractivity contribution in [3.8, 4) is 11.5 Å². The van der Waals surface area contributed by atoms with E-state index in [-0.39, 0.29) is 11.6 Å². The molecule has 0 bridgehead atoms. The Morgan fingerprint density at radius 1 is 1.12 bits per heavy atom. The highest BCUT2D eigenvalue weighted by Gasteiger charge is 2.12. The van der Waals surface area contributed by atoms with E-state index in [0.29, 0.717) is 31.0 Å². The molecular weight excluding hydrogens is 318 g/mol. The summed E-state index contributed by atoms with van der Waals surface area (Å²) in [7, 11) is 1.66. The zero-order valence-corrected chi connectivity index (χ0v) is 13.9. The van der Waals surface area contributed by atoms with Gasteiger partial charge in [-0.05, 0) is 17.7 Å². The summed E-state index contributed by atoms with van der Waals surface area (Å²) in [6.45, 7) is 0.643. The summed E-state index contributed by atoms with van der Waals surface area (Å²) in [6.07, 6.45) is 1.97. The van der Waals surface area contributed by atoms with Gasteiger partial charge in [0, 0.05) is 19.8 Å². The third-order valence-corrected chi connectivity index (χ3v) is 3.79. The number of hydrogen-bond acceptors (Lipinski definition) is 4. The summed E-state index contributed by atoms with van der Waals surface area (Å²) < 4.78 is 2.79. The molecule has 0 aliphatic heterocycles. The highest BCUT2D eigenvalue weighted by atomic mass is 16.2. The first kappa shape index (κ1) is 16.6. The molecule has 1 N–H and O–H groups in total. The molecule has 0 radical (unpaired) electrons. The van der Waals surface area contributed by atoms with E-state index in [4.69, 9.17) is 0 Å². The molecule has 128 valence electrons. The van der Waals surface area contributed by atoms with Crippen LogP contribution in [-0.4, -0.2) is 31.8 Å². The smallest absolute Gasteiger partial charge is 0.346 e. The molecule has 0 unspecified atom stereocenters. The van der Waals surface area contributed by atoms with Gasteiger partial charge >= 0.3 is 5.69 Å². The van der Waals surface area contributed by atoms with E-state index in [1.165, 1.54) is 9.25 Å². The molecule has 1 aromatic carbocycles. The number of nitrogens with one attached hydrogen (secondary N) is 1. The minimum atomic E-state index is -0.238. The second-order valence-corrected chi connectivity index (χ2v) is 5.62. The Morgan fingerprint density at radius 2 is 1.88 bits per heavy atom. The molecular formula is C18H19N5O2. The van der Waals surface area contributed by atoms with Crippen LogP contribution in [0.25, 0.3) is 11.5 Å². The fourth-order valence-corrected chi connectivity index (χ4v) is 2.50. The fraction of sp³-hybridized carbons (Fsp3) is 0.222. The van der Waals surface area contributed by atoms with E-state index in [1.54, 1.807) is 25.4 Å². The maximum Gasteiger partial charge on any atom is 0.346 e. The minimum Gasteiger partial charge on any atom is -0.354 e. The number of rotatable bonds is 6. The lowest BCUT2D eigenvalue weighted by molar-refractivity contribution is -0.120. The monoisotopic (exact) mass is 337 g/mol. The Morgan fingerprint density at radius 3 is 2.60 bits per heavy atom. The molecule has 1 amide bonds. The fourth-order valence-electron chi connectivity index (χ4n) is 2.50. The van der Waals surface area contributed by atoms with Crippen LogP contribution in [0.15, 0.2) is 59.5 Å². The summed E-state index contributed by atoms with van der Waals surface area (Å²) in [5.74, 6) is 0.418. The SMILES string of the molecule is Cn1c(-c2ccccn2)nn(CCNC(=O)Cc2ccccc2)c1=O. The largest absolute Gasteiger partial charge is 0.354 e. The molecule has 7 nitrogen and oxygen atoms in total. The number of benzene rings is 1. The second-order valence-electron chi connectivity index (χ2n) is 5.62. The topological polar surface area (TPSA) is 81.8 Å². The van der Waals surface area contributed by atoms with E-state index in [9.17, 15) is 9.59 Å². The quantitative estimate of drug-likeness (QED) is 0.728. The zero-order valence-electron chi connectivity index (χ0n) is 13.9. The highest BCUT2D eigenvalue weighted by Crippen LogP contribution is 2.10. The molecule has 3 aromatic rings. The number of amides is 1. The second kappa shape index (κ2) is 7.57. The van der Waals surface area contributed by atoms with Crippen molar-refractivity contribution in [2.24, 2.45) is 7.05 Å². The van der Waals surface area contributed by atoms with Gasteiger partial charge in [-0.15, -0.1) is 5.10 Å². The average Bonchev–Trinajstić information content (AvgIpc) is 2.92. The van der Waals surface area contributed by atoms with Gasteiger partial charge in [0.2, 0.25) is 5.91 Å². The molecule has 0 saturated carbocycles. The van der Waals surface area contributed by atoms with Crippen LogP contribution in [0.4, 0.5) is 0 Å². The van der Waals surface area contributed by atoms with Crippen molar-refractivity contribution < 1.29 is 4.79 Å². The van der Waals surface area contributed by atoms with Crippen LogP contribution in [0.2, 0.25) is 0 Å². The highest BCUT2D eigenvalue weighted by molar-refractivity contribution is 5.78. The van der Waals surface area contributed by atoms with Crippen LogP contribution in [0.3, 0.4) is 0 Å². The molecule has 3 rings (SSSR count). The summed E-state index contributed by atoms with van der Waals surface area (Å²) >= 11 is 0. The lowest BCUT2D eigenvalue weighted by Gasteiger charge is -2.04. The third-order valence-electron chi connectivity index (χ3n) is 3.79. The number of nitrogens with zero attached hydrogens (tertiary/aromatic N) is 4. The maximum absolute atomic E-state index is 12.3. The first-order valence-electron chi connectivity index (χ1n) is 8.01. The Hall–Kier alpha value is -3.22. The third kappa shape index (κ3) is 4.00. The molecule has 2 aromatic heterocycles. The van der Waals surface area contributed by atoms with Gasteiger partial charge in [0.25, 0.3) is 0 Å². The summed E-state index contributed by atoms with van der Waals surface area (Å²) in [5, 5.41) is 7.13. The van der Waals surface area contributed by atoms with Gasteiger partial charge in [-0.25, -0.2) is 9.48 Å². The number of carbonyl (C=O) groups excluding carboxylic acids is 1. The Balaban J connectivity index is 1.60. The van der Waals surface area contributed by atoms with Gasteiger partial charge in [0.05, 0.1) is 13.0 Å². The number of hydrogen-bond donors (Lipinski definition) is 1. The molecule has 0 saturated heterocycles. The Bertz CT molecular complexity index is 900. The maximum atomic E-state index is 12.3. The molecule has 7 heteroatoms. The molecule has 0 atom stereocenters. The lowest BCUT2D eigenvalue weighted by Crippen LogP contribution is -2.32. The van der Waals surface area contributed by atoms with Crippen molar-refractivity contribution in [2.45, 2.75) is 13.0 Å². The summed E-state index contributed by atoms with van der Waals surface area (Å²) in [4.78, 5) is 28.4. The number of pyridine rings is 1. The lowest BCUT2D eigenvalue weighted by atomic mass is 10.1.